The molecule has 2 amide bonds. The van der Waals surface area contributed by atoms with Crippen LogP contribution in [-0.2, 0) is 23.9 Å². The van der Waals surface area contributed by atoms with Gasteiger partial charge >= 0.3 is 5.97 Å². The maximum atomic E-state index is 18.0. The Morgan fingerprint density at radius 1 is 0.971 bits per heavy atom. The fraction of sp³-hybridized carbons (Fsp3) is 0.472. The smallest absolute Gasteiger partial charge is 0.305 e. The molecule has 3 aromatic carbocycles. The molecule has 68 heavy (non-hydrogen) atoms. The number of allylic oxidation sites excluding steroid dienone is 6. The summed E-state index contributed by atoms with van der Waals surface area (Å²) in [6.07, 6.45) is 4.54. The van der Waals surface area contributed by atoms with Crippen LogP contribution in [0.25, 0.3) is 0 Å². The van der Waals surface area contributed by atoms with Crippen LogP contribution in [0.2, 0.25) is 0 Å². The number of anilines is 2. The molecule has 15 heteroatoms. The summed E-state index contributed by atoms with van der Waals surface area (Å²) in [6.45, 7) is 8.51. The summed E-state index contributed by atoms with van der Waals surface area (Å²) in [6, 6.07) is 21.1. The average Bonchev–Trinajstić information content (AvgIpc) is 3.82. The quantitative estimate of drug-likeness (QED) is 0.0925. The van der Waals surface area contributed by atoms with Gasteiger partial charge in [-0.1, -0.05) is 87.9 Å². The van der Waals surface area contributed by atoms with Gasteiger partial charge in [-0.25, -0.2) is 8.78 Å². The summed E-state index contributed by atoms with van der Waals surface area (Å²) in [5.74, 6) is -3.98. The van der Waals surface area contributed by atoms with E-state index in [0.717, 1.165) is 34.6 Å². The number of nitrogens with one attached hydrogen (secondary N) is 2. The number of ketones is 1. The van der Waals surface area contributed by atoms with Crippen molar-refractivity contribution in [1.82, 2.24) is 0 Å². The van der Waals surface area contributed by atoms with E-state index in [-0.39, 0.29) is 36.8 Å². The highest BCUT2D eigenvalue weighted by Crippen LogP contribution is 2.73. The van der Waals surface area contributed by atoms with Gasteiger partial charge in [-0.05, 0) is 111 Å². The number of fused-ring (bicyclic) bond motifs is 7. The molecular formula is C53H60F2N2O9S2. The Labute approximate surface area is 404 Å². The molecular weight excluding hydrogens is 911 g/mol. The monoisotopic (exact) mass is 970 g/mol. The molecule has 1 aliphatic heterocycles. The first-order valence-corrected chi connectivity index (χ1v) is 25.2. The van der Waals surface area contributed by atoms with Crippen molar-refractivity contribution in [3.8, 4) is 0 Å². The minimum atomic E-state index is -2.22. The molecule has 5 N–H and O–H groups in total. The number of hydrogen-bond acceptors (Lipinski definition) is 10. The zero-order chi connectivity index (χ0) is 48.8. The zero-order valence-corrected chi connectivity index (χ0v) is 40.5. The minimum absolute atomic E-state index is 0.127. The van der Waals surface area contributed by atoms with Crippen molar-refractivity contribution < 1.29 is 52.8 Å². The molecule has 8 rings (SSSR count). The van der Waals surface area contributed by atoms with E-state index < -0.39 is 88.1 Å². The number of alkyl halides is 2. The van der Waals surface area contributed by atoms with Gasteiger partial charge in [0.25, 0.3) is 5.91 Å². The Kier molecular flexibility index (Phi) is 14.4. The van der Waals surface area contributed by atoms with Crippen LogP contribution in [-0.4, -0.2) is 85.6 Å². The van der Waals surface area contributed by atoms with Crippen molar-refractivity contribution in [2.24, 2.45) is 22.7 Å². The number of carbonyl (C=O) groups excluding carboxylic acids is 3. The second kappa shape index (κ2) is 19.6. The number of aliphatic carboxylic acids is 1. The van der Waals surface area contributed by atoms with E-state index >= 15 is 8.78 Å². The third kappa shape index (κ3) is 8.80. The number of carboxylic acids is 1. The van der Waals surface area contributed by atoms with Crippen LogP contribution in [0.15, 0.2) is 118 Å². The number of unbranched alkanes of at least 4 members (excludes halogenated alkanes) is 1. The fourth-order valence-corrected chi connectivity index (χ4v) is 13.9. The lowest BCUT2D eigenvalue weighted by atomic mass is 9.44. The Morgan fingerprint density at radius 2 is 1.71 bits per heavy atom. The molecule has 1 saturated heterocycles. The summed E-state index contributed by atoms with van der Waals surface area (Å²) >= 11 is 2.81. The molecule has 0 radical (unpaired) electrons. The maximum Gasteiger partial charge on any atom is 0.305 e. The van der Waals surface area contributed by atoms with Gasteiger partial charge in [0.1, 0.15) is 12.8 Å². The van der Waals surface area contributed by atoms with Gasteiger partial charge in [0.15, 0.2) is 23.3 Å². The zero-order valence-electron chi connectivity index (χ0n) is 38.9. The van der Waals surface area contributed by atoms with Crippen molar-refractivity contribution in [3.05, 3.63) is 119 Å². The number of rotatable bonds is 16. The summed E-state index contributed by atoms with van der Waals surface area (Å²) in [5, 5.41) is 36.8. The highest BCUT2D eigenvalue weighted by Gasteiger charge is 2.80. The molecule has 12 atom stereocenters. The van der Waals surface area contributed by atoms with E-state index in [4.69, 9.17) is 9.47 Å². The number of Topliss-reactive ketones (excluding diaryl/α,β-unsaturated/α-hetero) is 1. The highest BCUT2D eigenvalue weighted by molar-refractivity contribution is 8.01. The molecule has 0 aromatic heterocycles. The largest absolute Gasteiger partial charge is 0.481 e. The van der Waals surface area contributed by atoms with Crippen molar-refractivity contribution in [2.75, 3.05) is 17.2 Å². The fourth-order valence-electron chi connectivity index (χ4n) is 11.7. The number of carbonyl (C=O) groups is 4. The Balaban J connectivity index is 0.913. The van der Waals surface area contributed by atoms with Gasteiger partial charge in [-0.3, -0.25) is 19.2 Å². The number of thioether (sulfide) groups is 1. The third-order valence-electron chi connectivity index (χ3n) is 15.2. The summed E-state index contributed by atoms with van der Waals surface area (Å²) in [4.78, 5) is 53.6. The van der Waals surface area contributed by atoms with Crippen LogP contribution in [0.4, 0.5) is 20.2 Å². The summed E-state index contributed by atoms with van der Waals surface area (Å²) in [5.41, 5.74) is -3.47. The third-order valence-corrected chi connectivity index (χ3v) is 17.6. The lowest BCUT2D eigenvalue weighted by molar-refractivity contribution is -0.235. The van der Waals surface area contributed by atoms with Gasteiger partial charge in [-0.2, -0.15) is 0 Å². The van der Waals surface area contributed by atoms with Crippen LogP contribution in [0, 0.1) is 22.7 Å². The van der Waals surface area contributed by atoms with E-state index in [0.29, 0.717) is 28.1 Å². The van der Waals surface area contributed by atoms with Crippen molar-refractivity contribution in [1.29, 1.82) is 0 Å². The Bertz CT molecular complexity index is 2520. The number of aliphatic hydroxyl groups excluding tert-OH is 2. The Hall–Kier alpha value is -4.64. The van der Waals surface area contributed by atoms with Gasteiger partial charge in [0, 0.05) is 54.3 Å². The first-order chi connectivity index (χ1) is 32.4. The normalized spacial score (nSPS) is 32.8. The minimum Gasteiger partial charge on any atom is -0.481 e. The van der Waals surface area contributed by atoms with Crippen LogP contribution >= 0.6 is 23.5 Å². The number of amides is 2. The average molecular weight is 971 g/mol. The molecule has 1 heterocycles. The van der Waals surface area contributed by atoms with E-state index in [2.05, 4.69) is 17.6 Å². The predicted octanol–water partition coefficient (Wildman–Crippen LogP) is 10.2. The molecule has 3 aromatic rings. The van der Waals surface area contributed by atoms with Crippen molar-refractivity contribution >= 4 is 58.5 Å². The second-order valence-electron chi connectivity index (χ2n) is 19.3. The predicted molar refractivity (Wildman–Crippen MR) is 259 cm³/mol. The van der Waals surface area contributed by atoms with E-state index in [1.807, 2.05) is 62.4 Å². The van der Waals surface area contributed by atoms with Gasteiger partial charge < -0.3 is 35.4 Å². The SMILES string of the molecule is C/C=C1\C=C[C@@]2(C)C(=C1)[C@@H](F)C[C@H]1[C@@H]3C[C@H]4O[C@@H](c5ccc(Sc6cccc(NC(=O)c7ccc(NC(=O)C(CC(=O)O)SC(C)CCCC)cc7)c6)cc5)O[C@@]4(C(=O)CO)[C@@]3(C)C[C@H](O)[C@@]12F. The number of ether oxygens (including phenoxy) is 2. The number of halogens is 2. The lowest BCUT2D eigenvalue weighted by Gasteiger charge is -2.63. The van der Waals surface area contributed by atoms with Gasteiger partial charge in [0.2, 0.25) is 5.91 Å². The first-order valence-electron chi connectivity index (χ1n) is 23.4. The molecule has 2 unspecified atom stereocenters. The highest BCUT2D eigenvalue weighted by atomic mass is 32.2. The molecule has 4 aliphatic carbocycles. The van der Waals surface area contributed by atoms with Crippen molar-refractivity contribution in [2.45, 2.75) is 136 Å². The molecule has 0 bridgehead atoms. The molecule has 11 nitrogen and oxygen atoms in total. The molecule has 0 spiro atoms. The standard InChI is InChI=1S/C53H60F2N2O9S2/c1-6-8-10-30(3)67-42(27-46(61)62)48(64)56-34-17-13-32(14-18-34)47(63)57-35-11-9-12-37(24-35)68-36-19-15-33(16-20-36)49-65-45-26-38-39-25-41(54)40-23-31(7-2)21-22-50(40,4)52(39,55)43(59)28-51(38,5)53(45,66-49)44(60)29-58/h7,9,11-24,30,38-39,41-43,45,49,58-59H,6,8,10,25-29H2,1-5H3,(H,56,64)(H,57,63)(H,61,62)/b31-7+/t30?,38-,39-,41-,42?,43-,45+,49+,50-,51-,52-,53+/m0/s1. The maximum absolute atomic E-state index is 18.0. The number of carboxylic acid groups (broad SMARTS) is 1. The summed E-state index contributed by atoms with van der Waals surface area (Å²) in [7, 11) is 0. The van der Waals surface area contributed by atoms with Crippen LogP contribution in [0.1, 0.15) is 102 Å². The first kappa shape index (κ1) is 49.8. The Morgan fingerprint density at radius 3 is 2.38 bits per heavy atom. The van der Waals surface area contributed by atoms with Crippen LogP contribution in [0.3, 0.4) is 0 Å². The molecule has 3 saturated carbocycles. The van der Waals surface area contributed by atoms with Crippen molar-refractivity contribution in [3.63, 3.8) is 0 Å². The van der Waals surface area contributed by atoms with E-state index in [1.54, 1.807) is 62.4 Å². The number of hydrogen-bond donors (Lipinski definition) is 5. The van der Waals surface area contributed by atoms with Crippen LogP contribution < -0.4 is 10.6 Å². The lowest BCUT2D eigenvalue weighted by Crippen LogP contribution is -2.70. The summed E-state index contributed by atoms with van der Waals surface area (Å²) < 4.78 is 47.4. The molecule has 4 fully saturated rings. The van der Waals surface area contributed by atoms with Crippen LogP contribution in [0.5, 0.6) is 0 Å². The molecule has 362 valence electrons. The van der Waals surface area contributed by atoms with E-state index in [9.17, 15) is 34.5 Å². The second-order valence-corrected chi connectivity index (χ2v) is 22.1. The molecule has 5 aliphatic rings. The van der Waals surface area contributed by atoms with Gasteiger partial charge in [-0.15, -0.1) is 11.8 Å². The number of aliphatic hydroxyl groups is 2. The topological polar surface area (TPSA) is 171 Å². The number of benzene rings is 3. The van der Waals surface area contributed by atoms with E-state index in [1.165, 1.54) is 23.5 Å². The van der Waals surface area contributed by atoms with Gasteiger partial charge in [0.05, 0.1) is 23.9 Å².